The van der Waals surface area contributed by atoms with E-state index in [1.54, 1.807) is 0 Å². The Labute approximate surface area is 231 Å². The predicted octanol–water partition coefficient (Wildman–Crippen LogP) is 7.42. The van der Waals surface area contributed by atoms with Gasteiger partial charge in [0.05, 0.1) is 17.3 Å². The van der Waals surface area contributed by atoms with Gasteiger partial charge in [-0.15, -0.1) is 0 Å². The summed E-state index contributed by atoms with van der Waals surface area (Å²) in [5, 5.41) is 9.95. The van der Waals surface area contributed by atoms with Crippen LogP contribution in [-0.4, -0.2) is 35.7 Å². The highest BCUT2D eigenvalue weighted by atomic mass is 31.1. The third-order valence-corrected chi connectivity index (χ3v) is 11.0. The van der Waals surface area contributed by atoms with Gasteiger partial charge in [-0.25, -0.2) is 9.36 Å². The number of para-hydroxylation sites is 1. The Morgan fingerprint density at radius 1 is 0.692 bits per heavy atom. The number of ketones is 1. The lowest BCUT2D eigenvalue weighted by molar-refractivity contribution is -0.120. The fourth-order valence-electron chi connectivity index (χ4n) is 6.28. The standard InChI is InChI=1S/C33H33N4OP/c1-32(2)22-27(38)23-33(3,4)39(32)28-20-21-34-37(28)31-29(24-14-8-5-9-15-24)35-36(26-18-12-7-13-19-26)30(31)25-16-10-6-11-17-25/h5-21H,22-23H2,1-4H3. The van der Waals surface area contributed by atoms with Gasteiger partial charge in [0, 0.05) is 24.0 Å². The molecule has 2 aromatic heterocycles. The molecule has 1 fully saturated rings. The fraction of sp³-hybridized carbons (Fsp3) is 0.242. The highest BCUT2D eigenvalue weighted by molar-refractivity contribution is 7.68. The van der Waals surface area contributed by atoms with Gasteiger partial charge in [-0.05, 0) is 36.4 Å². The van der Waals surface area contributed by atoms with E-state index in [1.807, 2.05) is 41.2 Å². The van der Waals surface area contributed by atoms with E-state index in [0.717, 1.165) is 33.9 Å². The zero-order valence-corrected chi connectivity index (χ0v) is 23.8. The summed E-state index contributed by atoms with van der Waals surface area (Å²) in [5.74, 6) is 0.349. The maximum absolute atomic E-state index is 12.8. The lowest BCUT2D eigenvalue weighted by atomic mass is 9.97. The molecule has 0 bridgehead atoms. The van der Waals surface area contributed by atoms with Crippen molar-refractivity contribution in [2.24, 2.45) is 0 Å². The Kier molecular flexibility index (Phi) is 6.35. The molecule has 0 spiro atoms. The Morgan fingerprint density at radius 2 is 1.23 bits per heavy atom. The van der Waals surface area contributed by atoms with Crippen molar-refractivity contribution in [3.8, 4) is 33.9 Å². The summed E-state index contributed by atoms with van der Waals surface area (Å²) >= 11 is 0. The highest BCUT2D eigenvalue weighted by Crippen LogP contribution is 2.64. The molecule has 0 radical (unpaired) electrons. The molecule has 6 rings (SSSR count). The van der Waals surface area contributed by atoms with E-state index in [2.05, 4.69) is 99.1 Å². The van der Waals surface area contributed by atoms with Gasteiger partial charge < -0.3 is 0 Å². The number of carbonyl (C=O) groups is 1. The third kappa shape index (κ3) is 4.55. The SMILES string of the molecule is CC1(C)CC(=O)CC(C)(C)P1c1ccnn1-c1c(-c2ccccc2)nn(-c2ccccc2)c1-c1ccccc1. The quantitative estimate of drug-likeness (QED) is 0.221. The van der Waals surface area contributed by atoms with Crippen LogP contribution >= 0.6 is 7.92 Å². The zero-order valence-electron chi connectivity index (χ0n) is 22.9. The predicted molar refractivity (Wildman–Crippen MR) is 161 cm³/mol. The monoisotopic (exact) mass is 532 g/mol. The minimum atomic E-state index is -0.752. The number of hydrogen-bond donors (Lipinski definition) is 0. The molecule has 6 heteroatoms. The maximum Gasteiger partial charge on any atom is 0.134 e. The average molecular weight is 533 g/mol. The minimum Gasteiger partial charge on any atom is -0.300 e. The van der Waals surface area contributed by atoms with Crippen LogP contribution in [0.15, 0.2) is 103 Å². The molecule has 5 nitrogen and oxygen atoms in total. The number of benzene rings is 3. The first kappa shape index (κ1) is 25.5. The normalized spacial score (nSPS) is 16.9. The van der Waals surface area contributed by atoms with Crippen LogP contribution in [0.3, 0.4) is 0 Å². The number of Topliss-reactive ketones (excluding diaryl/α,β-unsaturated/α-hetero) is 1. The van der Waals surface area contributed by atoms with Crippen LogP contribution < -0.4 is 5.44 Å². The Hall–Kier alpha value is -3.82. The van der Waals surface area contributed by atoms with Crippen molar-refractivity contribution in [2.45, 2.75) is 50.8 Å². The molecule has 0 saturated carbocycles. The summed E-state index contributed by atoms with van der Waals surface area (Å²) in [6, 6.07) is 33.2. The number of nitrogens with zero attached hydrogens (tertiary/aromatic N) is 4. The third-order valence-electron chi connectivity index (χ3n) is 7.49. The van der Waals surface area contributed by atoms with Crippen molar-refractivity contribution < 1.29 is 4.79 Å². The van der Waals surface area contributed by atoms with Crippen molar-refractivity contribution in [2.75, 3.05) is 0 Å². The number of rotatable bonds is 5. The number of carbonyl (C=O) groups excluding carboxylic acids is 1. The van der Waals surface area contributed by atoms with E-state index in [-0.39, 0.29) is 10.3 Å². The van der Waals surface area contributed by atoms with Crippen LogP contribution in [0.2, 0.25) is 0 Å². The topological polar surface area (TPSA) is 52.7 Å². The molecule has 3 aromatic carbocycles. The van der Waals surface area contributed by atoms with Gasteiger partial charge in [-0.2, -0.15) is 10.2 Å². The largest absolute Gasteiger partial charge is 0.300 e. The van der Waals surface area contributed by atoms with E-state index < -0.39 is 7.92 Å². The van der Waals surface area contributed by atoms with Gasteiger partial charge in [0.1, 0.15) is 22.9 Å². The van der Waals surface area contributed by atoms with Gasteiger partial charge in [-0.3, -0.25) is 4.79 Å². The van der Waals surface area contributed by atoms with Crippen molar-refractivity contribution in [3.63, 3.8) is 0 Å². The zero-order chi connectivity index (χ0) is 27.2. The molecule has 39 heavy (non-hydrogen) atoms. The molecule has 0 amide bonds. The Morgan fingerprint density at radius 3 is 1.82 bits per heavy atom. The first-order chi connectivity index (χ1) is 18.8. The van der Waals surface area contributed by atoms with E-state index in [9.17, 15) is 4.79 Å². The van der Waals surface area contributed by atoms with Gasteiger partial charge in [0.25, 0.3) is 0 Å². The molecular weight excluding hydrogens is 499 g/mol. The molecule has 0 aliphatic carbocycles. The molecule has 0 atom stereocenters. The molecule has 196 valence electrons. The number of aromatic nitrogens is 4. The lowest BCUT2D eigenvalue weighted by Crippen LogP contribution is -2.44. The van der Waals surface area contributed by atoms with Gasteiger partial charge >= 0.3 is 0 Å². The van der Waals surface area contributed by atoms with Gasteiger partial charge in [0.15, 0.2) is 0 Å². The van der Waals surface area contributed by atoms with Crippen LogP contribution in [0.1, 0.15) is 40.5 Å². The van der Waals surface area contributed by atoms with Crippen LogP contribution in [0.4, 0.5) is 0 Å². The van der Waals surface area contributed by atoms with Crippen molar-refractivity contribution in [1.29, 1.82) is 0 Å². The molecular formula is C33H33N4OP. The van der Waals surface area contributed by atoms with Crippen molar-refractivity contribution >= 4 is 19.1 Å². The van der Waals surface area contributed by atoms with Gasteiger partial charge in [0.2, 0.25) is 0 Å². The minimum absolute atomic E-state index is 0.152. The summed E-state index contributed by atoms with van der Waals surface area (Å²) in [6.07, 6.45) is 3.09. The van der Waals surface area contributed by atoms with E-state index in [0.29, 0.717) is 18.6 Å². The second-order valence-corrected chi connectivity index (χ2v) is 15.0. The molecule has 1 saturated heterocycles. The van der Waals surface area contributed by atoms with Gasteiger partial charge in [-0.1, -0.05) is 107 Å². The van der Waals surface area contributed by atoms with Crippen LogP contribution in [0.25, 0.3) is 33.9 Å². The second kappa shape index (κ2) is 9.73. The Balaban J connectivity index is 1.68. The summed E-state index contributed by atoms with van der Waals surface area (Å²) in [6.45, 7) is 8.99. The average Bonchev–Trinajstić information content (AvgIpc) is 3.53. The van der Waals surface area contributed by atoms with E-state index in [1.165, 1.54) is 5.44 Å². The van der Waals surface area contributed by atoms with Crippen LogP contribution in [0.5, 0.6) is 0 Å². The first-order valence-electron chi connectivity index (χ1n) is 13.4. The van der Waals surface area contributed by atoms with Crippen LogP contribution in [-0.2, 0) is 4.79 Å². The molecule has 1 aliphatic rings. The Bertz CT molecular complexity index is 1600. The summed E-state index contributed by atoms with van der Waals surface area (Å²) < 4.78 is 4.18. The van der Waals surface area contributed by atoms with E-state index >= 15 is 0 Å². The summed E-state index contributed by atoms with van der Waals surface area (Å²) in [4.78, 5) is 12.8. The second-order valence-electron chi connectivity index (χ2n) is 11.5. The summed E-state index contributed by atoms with van der Waals surface area (Å²) in [5.41, 5.74) is 7.09. The highest BCUT2D eigenvalue weighted by Gasteiger charge is 2.49. The van der Waals surface area contributed by atoms with Crippen molar-refractivity contribution in [3.05, 3.63) is 103 Å². The first-order valence-corrected chi connectivity index (χ1v) is 14.8. The number of hydrogen-bond acceptors (Lipinski definition) is 3. The summed E-state index contributed by atoms with van der Waals surface area (Å²) in [7, 11) is -0.752. The molecule has 5 aromatic rings. The fourth-order valence-corrected chi connectivity index (χ4v) is 10.4. The molecule has 1 aliphatic heterocycles. The maximum atomic E-state index is 12.8. The van der Waals surface area contributed by atoms with Crippen LogP contribution in [0, 0.1) is 0 Å². The van der Waals surface area contributed by atoms with Crippen molar-refractivity contribution in [1.82, 2.24) is 19.6 Å². The molecule has 0 unspecified atom stereocenters. The van der Waals surface area contributed by atoms with E-state index in [4.69, 9.17) is 10.2 Å². The lowest BCUT2D eigenvalue weighted by Gasteiger charge is -2.48. The smallest absolute Gasteiger partial charge is 0.134 e. The molecule has 3 heterocycles. The molecule has 0 N–H and O–H groups in total.